The minimum atomic E-state index is -0.109. The van der Waals surface area contributed by atoms with Crippen LogP contribution in [-0.4, -0.2) is 72.2 Å². The molecule has 1 aliphatic heterocycles. The van der Waals surface area contributed by atoms with Gasteiger partial charge < -0.3 is 15.3 Å². The van der Waals surface area contributed by atoms with Crippen LogP contribution in [0.25, 0.3) is 0 Å². The van der Waals surface area contributed by atoms with Gasteiger partial charge in [-0.3, -0.25) is 9.69 Å². The zero-order valence-corrected chi connectivity index (χ0v) is 19.1. The normalized spacial score (nSPS) is 36.2. The van der Waals surface area contributed by atoms with Crippen LogP contribution in [0, 0.1) is 17.8 Å². The molecule has 0 aromatic heterocycles. The van der Waals surface area contributed by atoms with E-state index in [2.05, 4.69) is 15.1 Å². The van der Waals surface area contributed by atoms with Gasteiger partial charge >= 0.3 is 0 Å². The topological polar surface area (TPSA) is 55.8 Å². The number of carbonyl (C=O) groups excluding carboxylic acids is 1. The molecule has 1 heterocycles. The zero-order chi connectivity index (χ0) is 20.8. The molecule has 5 nitrogen and oxygen atoms in total. The second-order valence-corrected chi connectivity index (χ2v) is 10.6. The van der Waals surface area contributed by atoms with Crippen molar-refractivity contribution in [2.45, 2.75) is 95.6 Å². The van der Waals surface area contributed by atoms with E-state index < -0.39 is 0 Å². The van der Waals surface area contributed by atoms with Gasteiger partial charge in [0.15, 0.2) is 0 Å². The fourth-order valence-electron chi connectivity index (χ4n) is 6.76. The Morgan fingerprint density at radius 3 is 2.37 bits per heavy atom. The average molecular weight is 420 g/mol. The van der Waals surface area contributed by atoms with E-state index in [4.69, 9.17) is 0 Å². The van der Waals surface area contributed by atoms with Gasteiger partial charge in [0.2, 0.25) is 5.91 Å². The molecule has 0 radical (unpaired) electrons. The summed E-state index contributed by atoms with van der Waals surface area (Å²) in [6, 6.07) is 0.403. The van der Waals surface area contributed by atoms with E-state index in [0.717, 1.165) is 76.8 Å². The predicted octanol–water partition coefficient (Wildman–Crippen LogP) is 3.41. The summed E-state index contributed by atoms with van der Waals surface area (Å²) in [5, 5.41) is 13.5. The van der Waals surface area contributed by atoms with Crippen LogP contribution in [0.5, 0.6) is 0 Å². The maximum absolute atomic E-state index is 12.6. The molecule has 5 atom stereocenters. The highest BCUT2D eigenvalue weighted by Crippen LogP contribution is 2.42. The summed E-state index contributed by atoms with van der Waals surface area (Å²) in [5.41, 5.74) is 0. The van der Waals surface area contributed by atoms with Crippen molar-refractivity contribution < 1.29 is 9.90 Å². The molecule has 0 bridgehead atoms. The van der Waals surface area contributed by atoms with Crippen LogP contribution in [-0.2, 0) is 4.79 Å². The summed E-state index contributed by atoms with van der Waals surface area (Å²) in [6.07, 6.45) is 15.9. The molecule has 5 unspecified atom stereocenters. The Hall–Kier alpha value is -0.650. The standard InChI is InChI=1S/C25H45N3O2/c29-24-10-4-3-9-23(24)28-17-15-27(16-18-28)14-6-5-13-26-25(30)22-12-11-20-7-1-2-8-21(20)19-22/h20-24,29H,1-19H2,(H,26,30). The molecule has 2 N–H and O–H groups in total. The van der Waals surface area contributed by atoms with E-state index in [1.165, 1.54) is 57.8 Å². The number of unbranched alkanes of at least 4 members (excludes halogenated alkanes) is 1. The van der Waals surface area contributed by atoms with Crippen LogP contribution in [0.4, 0.5) is 0 Å². The SMILES string of the molecule is O=C(NCCCCN1CCN(C2CCCCC2O)CC1)C1CCC2CCCCC2C1. The van der Waals surface area contributed by atoms with Crippen molar-refractivity contribution in [2.24, 2.45) is 17.8 Å². The maximum atomic E-state index is 12.6. The summed E-state index contributed by atoms with van der Waals surface area (Å²) < 4.78 is 0. The molecule has 172 valence electrons. The van der Waals surface area contributed by atoms with Crippen molar-refractivity contribution in [2.75, 3.05) is 39.3 Å². The molecule has 4 rings (SSSR count). The molecule has 30 heavy (non-hydrogen) atoms. The Bertz CT molecular complexity index is 534. The average Bonchev–Trinajstić information content (AvgIpc) is 2.79. The fourth-order valence-corrected chi connectivity index (χ4v) is 6.76. The highest BCUT2D eigenvalue weighted by atomic mass is 16.3. The summed E-state index contributed by atoms with van der Waals surface area (Å²) in [6.45, 7) is 6.44. The second-order valence-electron chi connectivity index (χ2n) is 10.6. The number of hydrogen-bond donors (Lipinski definition) is 2. The van der Waals surface area contributed by atoms with Gasteiger partial charge in [-0.05, 0) is 63.3 Å². The molecule has 3 saturated carbocycles. The highest BCUT2D eigenvalue weighted by Gasteiger charge is 2.35. The third-order valence-corrected chi connectivity index (χ3v) is 8.68. The van der Waals surface area contributed by atoms with Gasteiger partial charge in [-0.25, -0.2) is 0 Å². The highest BCUT2D eigenvalue weighted by molar-refractivity contribution is 5.78. The number of carbonyl (C=O) groups is 1. The van der Waals surface area contributed by atoms with Crippen molar-refractivity contribution in [1.82, 2.24) is 15.1 Å². The van der Waals surface area contributed by atoms with Crippen LogP contribution in [0.3, 0.4) is 0 Å². The van der Waals surface area contributed by atoms with Gasteiger partial charge in [0, 0.05) is 44.7 Å². The van der Waals surface area contributed by atoms with E-state index in [9.17, 15) is 9.90 Å². The Morgan fingerprint density at radius 1 is 0.833 bits per heavy atom. The smallest absolute Gasteiger partial charge is 0.223 e. The summed E-state index contributed by atoms with van der Waals surface area (Å²) in [5.74, 6) is 2.37. The van der Waals surface area contributed by atoms with Gasteiger partial charge in [-0.1, -0.05) is 38.5 Å². The van der Waals surface area contributed by atoms with E-state index >= 15 is 0 Å². The van der Waals surface area contributed by atoms with Crippen LogP contribution in [0.1, 0.15) is 83.5 Å². The number of piperazine rings is 1. The Morgan fingerprint density at radius 2 is 1.57 bits per heavy atom. The Labute approximate surface area is 183 Å². The third kappa shape index (κ3) is 5.98. The predicted molar refractivity (Wildman–Crippen MR) is 121 cm³/mol. The lowest BCUT2D eigenvalue weighted by Crippen LogP contribution is -2.54. The number of nitrogens with zero attached hydrogens (tertiary/aromatic N) is 2. The van der Waals surface area contributed by atoms with Crippen molar-refractivity contribution in [3.05, 3.63) is 0 Å². The van der Waals surface area contributed by atoms with Gasteiger partial charge in [0.1, 0.15) is 0 Å². The van der Waals surface area contributed by atoms with Crippen LogP contribution >= 0.6 is 0 Å². The van der Waals surface area contributed by atoms with Crippen molar-refractivity contribution in [1.29, 1.82) is 0 Å². The van der Waals surface area contributed by atoms with Crippen molar-refractivity contribution in [3.63, 3.8) is 0 Å². The van der Waals surface area contributed by atoms with Crippen LogP contribution in [0.15, 0.2) is 0 Å². The van der Waals surface area contributed by atoms with Crippen LogP contribution < -0.4 is 5.32 Å². The van der Waals surface area contributed by atoms with Crippen molar-refractivity contribution >= 4 is 5.91 Å². The molecule has 1 amide bonds. The van der Waals surface area contributed by atoms with Gasteiger partial charge in [-0.15, -0.1) is 0 Å². The van der Waals surface area contributed by atoms with E-state index in [1.54, 1.807) is 0 Å². The van der Waals surface area contributed by atoms with Crippen molar-refractivity contribution in [3.8, 4) is 0 Å². The summed E-state index contributed by atoms with van der Waals surface area (Å²) in [7, 11) is 0. The van der Waals surface area contributed by atoms with Gasteiger partial charge in [-0.2, -0.15) is 0 Å². The number of aliphatic hydroxyl groups is 1. The number of hydrogen-bond acceptors (Lipinski definition) is 4. The molecule has 5 heteroatoms. The third-order valence-electron chi connectivity index (χ3n) is 8.68. The second kappa shape index (κ2) is 11.3. The monoisotopic (exact) mass is 419 g/mol. The number of amides is 1. The lowest BCUT2D eigenvalue weighted by atomic mass is 9.67. The van der Waals surface area contributed by atoms with E-state index in [1.807, 2.05) is 0 Å². The summed E-state index contributed by atoms with van der Waals surface area (Å²) in [4.78, 5) is 17.7. The molecule has 4 fully saturated rings. The number of fused-ring (bicyclic) bond motifs is 1. The first-order valence-electron chi connectivity index (χ1n) is 13.1. The molecular formula is C25H45N3O2. The van der Waals surface area contributed by atoms with Crippen LogP contribution in [0.2, 0.25) is 0 Å². The Balaban J connectivity index is 1.06. The molecule has 0 aromatic rings. The molecular weight excluding hydrogens is 374 g/mol. The first-order valence-corrected chi connectivity index (χ1v) is 13.1. The molecule has 0 spiro atoms. The quantitative estimate of drug-likeness (QED) is 0.621. The number of nitrogens with one attached hydrogen (secondary N) is 1. The molecule has 4 aliphatic rings. The molecule has 3 aliphatic carbocycles. The van der Waals surface area contributed by atoms with Gasteiger partial charge in [0.25, 0.3) is 0 Å². The minimum Gasteiger partial charge on any atom is -0.391 e. The van der Waals surface area contributed by atoms with Gasteiger partial charge in [0.05, 0.1) is 6.10 Å². The zero-order valence-electron chi connectivity index (χ0n) is 19.1. The number of rotatable bonds is 7. The molecule has 1 saturated heterocycles. The first kappa shape index (κ1) is 22.5. The summed E-state index contributed by atoms with van der Waals surface area (Å²) >= 11 is 0. The Kier molecular flexibility index (Phi) is 8.48. The van der Waals surface area contributed by atoms with E-state index in [-0.39, 0.29) is 12.0 Å². The minimum absolute atomic E-state index is 0.109. The largest absolute Gasteiger partial charge is 0.391 e. The lowest BCUT2D eigenvalue weighted by Gasteiger charge is -2.42. The number of aliphatic hydroxyl groups excluding tert-OH is 1. The fraction of sp³-hybridized carbons (Fsp3) is 0.960. The first-order chi connectivity index (χ1) is 14.7. The maximum Gasteiger partial charge on any atom is 0.223 e. The lowest BCUT2D eigenvalue weighted by molar-refractivity contribution is -0.127. The van der Waals surface area contributed by atoms with E-state index in [0.29, 0.717) is 11.9 Å². The molecule has 0 aromatic carbocycles.